The third kappa shape index (κ3) is 4.90. The fourth-order valence-electron chi connectivity index (χ4n) is 11.2. The van der Waals surface area contributed by atoms with Gasteiger partial charge in [-0.05, 0) is 122 Å². The minimum Gasteiger partial charge on any atom is -0.456 e. The van der Waals surface area contributed by atoms with Crippen LogP contribution in [0, 0.1) is 0 Å². The van der Waals surface area contributed by atoms with Crippen LogP contribution < -0.4 is 4.90 Å². The number of hydrogen-bond acceptors (Lipinski definition) is 3. The standard InChI is InChI=1S/C61H37NOS/c1-2-16-38(17-3-1)41-18-8-13-27-56(41)62(40-31-33-58-50(35-40)46-23-9-14-28-57(46)63-58)39-30-32-54-48(34-39)43-20-5-4-19-42(43)44-21-6-11-25-52(44)61(54)53-26-12-7-22-45(53)49-37-60-51(36-55(49)61)47-24-10-15-29-59(47)64-60/h1-37H. The minimum atomic E-state index is -0.603. The average molecular weight is 832 g/mol. The molecule has 2 heterocycles. The first-order chi connectivity index (χ1) is 31.7. The summed E-state index contributed by atoms with van der Waals surface area (Å²) in [5, 5.41) is 4.83. The van der Waals surface area contributed by atoms with Gasteiger partial charge in [-0.2, -0.15) is 0 Å². The Morgan fingerprint density at radius 2 is 0.891 bits per heavy atom. The summed E-state index contributed by atoms with van der Waals surface area (Å²) in [4.78, 5) is 2.45. The molecule has 1 unspecified atom stereocenters. The summed E-state index contributed by atoms with van der Waals surface area (Å²) in [5.41, 5.74) is 19.5. The Labute approximate surface area is 374 Å². The Morgan fingerprint density at radius 1 is 0.328 bits per heavy atom. The van der Waals surface area contributed by atoms with E-state index < -0.39 is 5.41 Å². The molecule has 2 aliphatic carbocycles. The second-order valence-electron chi connectivity index (χ2n) is 17.1. The molecule has 64 heavy (non-hydrogen) atoms. The van der Waals surface area contributed by atoms with Crippen LogP contribution in [0.3, 0.4) is 0 Å². The van der Waals surface area contributed by atoms with E-state index in [1.807, 2.05) is 17.4 Å². The lowest BCUT2D eigenvalue weighted by Crippen LogP contribution is -2.29. The zero-order chi connectivity index (χ0) is 41.9. The molecule has 0 amide bonds. The molecule has 0 saturated carbocycles. The Kier molecular flexibility index (Phi) is 7.51. The molecule has 12 aromatic rings. The van der Waals surface area contributed by atoms with Crippen LogP contribution in [-0.4, -0.2) is 0 Å². The zero-order valence-electron chi connectivity index (χ0n) is 34.6. The van der Waals surface area contributed by atoms with Gasteiger partial charge >= 0.3 is 0 Å². The molecule has 0 N–H and O–H groups in total. The van der Waals surface area contributed by atoms with Crippen LogP contribution in [0.25, 0.3) is 86.6 Å². The van der Waals surface area contributed by atoms with Crippen molar-refractivity contribution in [2.45, 2.75) is 5.41 Å². The molecule has 3 heteroatoms. The number of para-hydroxylation sites is 2. The molecule has 2 aromatic heterocycles. The summed E-state index contributed by atoms with van der Waals surface area (Å²) >= 11 is 1.89. The van der Waals surface area contributed by atoms with Gasteiger partial charge in [0.1, 0.15) is 11.2 Å². The second kappa shape index (κ2) is 13.5. The fraction of sp³-hybridized carbons (Fsp3) is 0.0164. The van der Waals surface area contributed by atoms with E-state index in [1.54, 1.807) is 0 Å². The first-order valence-electron chi connectivity index (χ1n) is 22.0. The summed E-state index contributed by atoms with van der Waals surface area (Å²) in [5.74, 6) is 0. The summed E-state index contributed by atoms with van der Waals surface area (Å²) in [6.07, 6.45) is 0. The second-order valence-corrected chi connectivity index (χ2v) is 18.2. The first-order valence-corrected chi connectivity index (χ1v) is 22.8. The Morgan fingerprint density at radius 3 is 1.70 bits per heavy atom. The Bertz CT molecular complexity index is 3870. The van der Waals surface area contributed by atoms with E-state index in [1.165, 1.54) is 81.4 Å². The highest BCUT2D eigenvalue weighted by Crippen LogP contribution is 2.63. The molecule has 2 aliphatic rings. The molecule has 0 radical (unpaired) electrons. The van der Waals surface area contributed by atoms with E-state index in [0.717, 1.165) is 44.6 Å². The third-order valence-corrected chi connectivity index (χ3v) is 15.0. The predicted molar refractivity (Wildman–Crippen MR) is 268 cm³/mol. The van der Waals surface area contributed by atoms with Crippen molar-refractivity contribution in [2.24, 2.45) is 0 Å². The highest BCUT2D eigenvalue weighted by atomic mass is 32.1. The molecule has 0 aliphatic heterocycles. The lowest BCUT2D eigenvalue weighted by molar-refractivity contribution is 0.669. The number of anilines is 3. The van der Waals surface area contributed by atoms with Crippen LogP contribution in [0.5, 0.6) is 0 Å². The van der Waals surface area contributed by atoms with Crippen molar-refractivity contribution in [1.82, 2.24) is 0 Å². The Balaban J connectivity index is 1.10. The van der Waals surface area contributed by atoms with Crippen molar-refractivity contribution in [3.05, 3.63) is 247 Å². The SMILES string of the molecule is c1ccc(-c2ccccc2N(c2ccc3c(c2)-c2ccccc2-c2ccccc2C32c3ccccc3-c3cc4sc5ccccc5c4cc32)c2ccc3oc4ccccc4c3c2)cc1. The van der Waals surface area contributed by atoms with Crippen molar-refractivity contribution in [3.8, 4) is 44.5 Å². The van der Waals surface area contributed by atoms with Gasteiger partial charge in [-0.1, -0.05) is 164 Å². The number of benzene rings is 10. The van der Waals surface area contributed by atoms with E-state index in [9.17, 15) is 0 Å². The van der Waals surface area contributed by atoms with Crippen LogP contribution in [0.15, 0.2) is 229 Å². The van der Waals surface area contributed by atoms with Gasteiger partial charge in [-0.15, -0.1) is 11.3 Å². The lowest BCUT2D eigenvalue weighted by atomic mass is 9.65. The largest absolute Gasteiger partial charge is 0.456 e. The van der Waals surface area contributed by atoms with Crippen LogP contribution in [0.1, 0.15) is 22.3 Å². The van der Waals surface area contributed by atoms with Crippen molar-refractivity contribution >= 4 is 70.5 Å². The molecular formula is C61H37NOS. The van der Waals surface area contributed by atoms with Gasteiger partial charge in [-0.25, -0.2) is 0 Å². The summed E-state index contributed by atoms with van der Waals surface area (Å²) in [6.45, 7) is 0. The van der Waals surface area contributed by atoms with Crippen molar-refractivity contribution < 1.29 is 4.42 Å². The Hall–Kier alpha value is -7.98. The van der Waals surface area contributed by atoms with Crippen LogP contribution in [0.2, 0.25) is 0 Å². The summed E-state index contributed by atoms with van der Waals surface area (Å²) < 4.78 is 9.03. The number of thiophene rings is 1. The fourth-order valence-corrected chi connectivity index (χ4v) is 12.4. The minimum absolute atomic E-state index is 0.603. The third-order valence-electron chi connectivity index (χ3n) is 13.9. The number of furan rings is 1. The van der Waals surface area contributed by atoms with Gasteiger partial charge in [0.2, 0.25) is 0 Å². The molecule has 0 fully saturated rings. The molecular weight excluding hydrogens is 795 g/mol. The topological polar surface area (TPSA) is 16.4 Å². The smallest absolute Gasteiger partial charge is 0.135 e. The van der Waals surface area contributed by atoms with Gasteiger partial charge in [0.05, 0.1) is 11.1 Å². The summed E-state index contributed by atoms with van der Waals surface area (Å²) in [6, 6.07) is 83.2. The molecule has 14 rings (SSSR count). The molecule has 0 bridgehead atoms. The van der Waals surface area contributed by atoms with Gasteiger partial charge < -0.3 is 9.32 Å². The van der Waals surface area contributed by atoms with Crippen molar-refractivity contribution in [1.29, 1.82) is 0 Å². The number of nitrogens with zero attached hydrogens (tertiary/aromatic N) is 1. The number of hydrogen-bond donors (Lipinski definition) is 0. The van der Waals surface area contributed by atoms with E-state index in [0.29, 0.717) is 0 Å². The van der Waals surface area contributed by atoms with Gasteiger partial charge in [0.25, 0.3) is 0 Å². The molecule has 1 spiro atoms. The number of rotatable bonds is 4. The molecule has 1 atom stereocenters. The van der Waals surface area contributed by atoms with Gasteiger partial charge in [0, 0.05) is 47.9 Å². The monoisotopic (exact) mass is 831 g/mol. The van der Waals surface area contributed by atoms with Crippen LogP contribution >= 0.6 is 11.3 Å². The maximum absolute atomic E-state index is 6.39. The van der Waals surface area contributed by atoms with Gasteiger partial charge in [-0.3, -0.25) is 0 Å². The summed E-state index contributed by atoms with van der Waals surface area (Å²) in [7, 11) is 0. The molecule has 0 saturated heterocycles. The van der Waals surface area contributed by atoms with Crippen LogP contribution in [-0.2, 0) is 5.41 Å². The van der Waals surface area contributed by atoms with Crippen molar-refractivity contribution in [2.75, 3.05) is 4.90 Å². The lowest BCUT2D eigenvalue weighted by Gasteiger charge is -2.36. The van der Waals surface area contributed by atoms with Crippen LogP contribution in [0.4, 0.5) is 17.1 Å². The molecule has 2 nitrogen and oxygen atoms in total. The van der Waals surface area contributed by atoms with E-state index >= 15 is 0 Å². The predicted octanol–water partition coefficient (Wildman–Crippen LogP) is 17.1. The van der Waals surface area contributed by atoms with Crippen molar-refractivity contribution in [3.63, 3.8) is 0 Å². The highest BCUT2D eigenvalue weighted by molar-refractivity contribution is 7.25. The number of fused-ring (bicyclic) bond motifs is 18. The molecule has 298 valence electrons. The zero-order valence-corrected chi connectivity index (χ0v) is 35.4. The normalized spacial score (nSPS) is 14.6. The average Bonchev–Trinajstić information content (AvgIpc) is 3.99. The van der Waals surface area contributed by atoms with Gasteiger partial charge in [0.15, 0.2) is 0 Å². The quantitative estimate of drug-likeness (QED) is 0.176. The maximum Gasteiger partial charge on any atom is 0.135 e. The first kappa shape index (κ1) is 35.6. The highest BCUT2D eigenvalue weighted by Gasteiger charge is 2.50. The van der Waals surface area contributed by atoms with E-state index in [4.69, 9.17) is 4.42 Å². The van der Waals surface area contributed by atoms with E-state index in [2.05, 4.69) is 223 Å². The molecule has 10 aromatic carbocycles. The van der Waals surface area contributed by atoms with E-state index in [-0.39, 0.29) is 0 Å². The maximum atomic E-state index is 6.39.